The third-order valence-corrected chi connectivity index (χ3v) is 5.54. The Balaban J connectivity index is 1.48. The standard InChI is InChI=1S/C20H29N5S/c1-3-21-20(22-12-9-19-23-15-16(2)26-19)24-17-10-13-25(14-11-17)18-7-5-4-6-8-18/h4-8,15,17H,3,9-14H2,1-2H3,(H2,21,22,24). The Kier molecular flexibility index (Phi) is 6.89. The molecule has 1 saturated heterocycles. The van der Waals surface area contributed by atoms with Crippen molar-refractivity contribution in [2.45, 2.75) is 39.2 Å². The van der Waals surface area contributed by atoms with E-state index in [2.05, 4.69) is 64.7 Å². The molecule has 5 nitrogen and oxygen atoms in total. The molecular formula is C20H29N5S. The molecule has 0 amide bonds. The molecule has 0 bridgehead atoms. The number of hydrogen-bond donors (Lipinski definition) is 2. The predicted molar refractivity (Wildman–Crippen MR) is 111 cm³/mol. The summed E-state index contributed by atoms with van der Waals surface area (Å²) in [6.45, 7) is 8.02. The number of piperidine rings is 1. The van der Waals surface area contributed by atoms with Crippen LogP contribution in [-0.4, -0.2) is 43.2 Å². The van der Waals surface area contributed by atoms with Gasteiger partial charge in [0.25, 0.3) is 0 Å². The Bertz CT molecular complexity index is 689. The van der Waals surface area contributed by atoms with E-state index in [9.17, 15) is 0 Å². The van der Waals surface area contributed by atoms with Crippen LogP contribution in [0, 0.1) is 6.92 Å². The molecule has 0 radical (unpaired) electrons. The average Bonchev–Trinajstić information content (AvgIpc) is 3.08. The van der Waals surface area contributed by atoms with Gasteiger partial charge >= 0.3 is 0 Å². The highest BCUT2D eigenvalue weighted by atomic mass is 32.1. The summed E-state index contributed by atoms with van der Waals surface area (Å²) in [6, 6.07) is 11.2. The lowest BCUT2D eigenvalue weighted by atomic mass is 10.0. The molecular weight excluding hydrogens is 342 g/mol. The van der Waals surface area contributed by atoms with E-state index < -0.39 is 0 Å². The fraction of sp³-hybridized carbons (Fsp3) is 0.500. The van der Waals surface area contributed by atoms with E-state index in [0.29, 0.717) is 6.04 Å². The van der Waals surface area contributed by atoms with Gasteiger partial charge in [0, 0.05) is 55.4 Å². The number of aromatic nitrogens is 1. The minimum atomic E-state index is 0.481. The smallest absolute Gasteiger partial charge is 0.191 e. The number of aryl methyl sites for hydroxylation is 1. The van der Waals surface area contributed by atoms with Gasteiger partial charge in [-0.15, -0.1) is 11.3 Å². The molecule has 6 heteroatoms. The van der Waals surface area contributed by atoms with E-state index in [4.69, 9.17) is 4.99 Å². The van der Waals surface area contributed by atoms with Crippen LogP contribution in [0.1, 0.15) is 29.7 Å². The second-order valence-electron chi connectivity index (χ2n) is 6.62. The lowest BCUT2D eigenvalue weighted by Gasteiger charge is -2.34. The van der Waals surface area contributed by atoms with Gasteiger partial charge < -0.3 is 15.5 Å². The Morgan fingerprint density at radius 1 is 1.27 bits per heavy atom. The van der Waals surface area contributed by atoms with Gasteiger partial charge in [-0.2, -0.15) is 0 Å². The number of anilines is 1. The molecule has 2 heterocycles. The van der Waals surface area contributed by atoms with Crippen LogP contribution >= 0.6 is 11.3 Å². The Morgan fingerprint density at radius 2 is 2.04 bits per heavy atom. The Hall–Kier alpha value is -2.08. The lowest BCUT2D eigenvalue weighted by Crippen LogP contribution is -2.48. The van der Waals surface area contributed by atoms with Crippen molar-refractivity contribution in [1.29, 1.82) is 0 Å². The number of hydrogen-bond acceptors (Lipinski definition) is 4. The molecule has 3 rings (SSSR count). The SMILES string of the molecule is CCNC(=NCCc1ncc(C)s1)NC1CCN(c2ccccc2)CC1. The Labute approximate surface area is 160 Å². The van der Waals surface area contributed by atoms with E-state index in [0.717, 1.165) is 51.4 Å². The van der Waals surface area contributed by atoms with Crippen molar-refractivity contribution in [2.75, 3.05) is 31.1 Å². The zero-order valence-corrected chi connectivity index (χ0v) is 16.6. The minimum absolute atomic E-state index is 0.481. The van der Waals surface area contributed by atoms with Crippen molar-refractivity contribution in [3.8, 4) is 0 Å². The third-order valence-electron chi connectivity index (χ3n) is 4.57. The van der Waals surface area contributed by atoms with E-state index >= 15 is 0 Å². The van der Waals surface area contributed by atoms with Crippen LogP contribution in [0.15, 0.2) is 41.5 Å². The number of aliphatic imine (C=N–C) groups is 1. The quantitative estimate of drug-likeness (QED) is 0.605. The van der Waals surface area contributed by atoms with Crippen LogP contribution in [0.4, 0.5) is 5.69 Å². The number of para-hydroxylation sites is 1. The molecule has 1 fully saturated rings. The molecule has 0 atom stereocenters. The van der Waals surface area contributed by atoms with Crippen molar-refractivity contribution in [3.63, 3.8) is 0 Å². The number of rotatable bonds is 6. The molecule has 0 aliphatic carbocycles. The molecule has 140 valence electrons. The maximum absolute atomic E-state index is 4.74. The largest absolute Gasteiger partial charge is 0.371 e. The van der Waals surface area contributed by atoms with Gasteiger partial charge in [-0.3, -0.25) is 4.99 Å². The van der Waals surface area contributed by atoms with Crippen LogP contribution in [0.25, 0.3) is 0 Å². The fourth-order valence-electron chi connectivity index (χ4n) is 3.21. The number of nitrogens with one attached hydrogen (secondary N) is 2. The summed E-state index contributed by atoms with van der Waals surface area (Å²) in [5, 5.41) is 8.15. The van der Waals surface area contributed by atoms with Gasteiger partial charge in [-0.1, -0.05) is 18.2 Å². The van der Waals surface area contributed by atoms with Crippen LogP contribution in [0.5, 0.6) is 0 Å². The fourth-order valence-corrected chi connectivity index (χ4v) is 3.99. The van der Waals surface area contributed by atoms with Crippen LogP contribution < -0.4 is 15.5 Å². The van der Waals surface area contributed by atoms with Gasteiger partial charge in [-0.25, -0.2) is 4.98 Å². The monoisotopic (exact) mass is 371 g/mol. The first-order chi connectivity index (χ1) is 12.7. The molecule has 0 unspecified atom stereocenters. The van der Waals surface area contributed by atoms with E-state index in [-0.39, 0.29) is 0 Å². The second-order valence-corrected chi connectivity index (χ2v) is 7.94. The highest BCUT2D eigenvalue weighted by Gasteiger charge is 2.20. The molecule has 2 aromatic rings. The maximum Gasteiger partial charge on any atom is 0.191 e. The van der Waals surface area contributed by atoms with Crippen LogP contribution in [0.2, 0.25) is 0 Å². The number of benzene rings is 1. The highest BCUT2D eigenvalue weighted by molar-refractivity contribution is 7.11. The first-order valence-corrected chi connectivity index (χ1v) is 10.3. The molecule has 1 aromatic heterocycles. The molecule has 1 aliphatic rings. The number of nitrogens with zero attached hydrogens (tertiary/aromatic N) is 3. The van der Waals surface area contributed by atoms with Gasteiger partial charge in [0.05, 0.1) is 5.01 Å². The topological polar surface area (TPSA) is 52.6 Å². The van der Waals surface area contributed by atoms with Crippen molar-refractivity contribution in [2.24, 2.45) is 4.99 Å². The predicted octanol–water partition coefficient (Wildman–Crippen LogP) is 3.22. The first-order valence-electron chi connectivity index (χ1n) is 9.50. The number of guanidine groups is 1. The molecule has 2 N–H and O–H groups in total. The van der Waals surface area contributed by atoms with Crippen LogP contribution in [-0.2, 0) is 6.42 Å². The first kappa shape index (κ1) is 18.7. The van der Waals surface area contributed by atoms with Crippen molar-refractivity contribution < 1.29 is 0 Å². The summed E-state index contributed by atoms with van der Waals surface area (Å²) in [6.07, 6.45) is 5.10. The summed E-state index contributed by atoms with van der Waals surface area (Å²) >= 11 is 1.76. The Morgan fingerprint density at radius 3 is 2.69 bits per heavy atom. The summed E-state index contributed by atoms with van der Waals surface area (Å²) in [7, 11) is 0. The summed E-state index contributed by atoms with van der Waals surface area (Å²) in [5.74, 6) is 0.930. The van der Waals surface area contributed by atoms with Gasteiger partial charge in [0.2, 0.25) is 0 Å². The number of thiazole rings is 1. The third kappa shape index (κ3) is 5.46. The van der Waals surface area contributed by atoms with Crippen molar-refractivity contribution in [1.82, 2.24) is 15.6 Å². The summed E-state index contributed by atoms with van der Waals surface area (Å²) in [5.41, 5.74) is 1.32. The zero-order valence-electron chi connectivity index (χ0n) is 15.7. The second kappa shape index (κ2) is 9.57. The zero-order chi connectivity index (χ0) is 18.2. The average molecular weight is 372 g/mol. The van der Waals surface area contributed by atoms with Crippen molar-refractivity contribution in [3.05, 3.63) is 46.4 Å². The van der Waals surface area contributed by atoms with Gasteiger partial charge in [0.1, 0.15) is 0 Å². The molecule has 1 aliphatic heterocycles. The normalized spacial score (nSPS) is 15.9. The minimum Gasteiger partial charge on any atom is -0.371 e. The molecule has 0 spiro atoms. The van der Waals surface area contributed by atoms with Crippen molar-refractivity contribution >= 4 is 23.0 Å². The summed E-state index contributed by atoms with van der Waals surface area (Å²) < 4.78 is 0. The van der Waals surface area contributed by atoms with Crippen LogP contribution in [0.3, 0.4) is 0 Å². The lowest BCUT2D eigenvalue weighted by molar-refractivity contribution is 0.461. The van der Waals surface area contributed by atoms with E-state index in [1.165, 1.54) is 15.6 Å². The summed E-state index contributed by atoms with van der Waals surface area (Å²) in [4.78, 5) is 12.9. The molecule has 0 saturated carbocycles. The molecule has 1 aromatic carbocycles. The van der Waals surface area contributed by atoms with E-state index in [1.54, 1.807) is 11.3 Å². The highest BCUT2D eigenvalue weighted by Crippen LogP contribution is 2.19. The van der Waals surface area contributed by atoms with Gasteiger partial charge in [-0.05, 0) is 38.8 Å². The maximum atomic E-state index is 4.74. The van der Waals surface area contributed by atoms with E-state index in [1.807, 2.05) is 6.20 Å². The molecule has 26 heavy (non-hydrogen) atoms. The van der Waals surface area contributed by atoms with Gasteiger partial charge in [0.15, 0.2) is 5.96 Å².